The van der Waals surface area contributed by atoms with Crippen LogP contribution in [0.3, 0.4) is 0 Å². The summed E-state index contributed by atoms with van der Waals surface area (Å²) < 4.78 is 5.11. The van der Waals surface area contributed by atoms with E-state index >= 15 is 0 Å². The van der Waals surface area contributed by atoms with Gasteiger partial charge in [0.05, 0.1) is 24.4 Å². The summed E-state index contributed by atoms with van der Waals surface area (Å²) in [5, 5.41) is 0. The molecule has 1 aliphatic rings. The Bertz CT molecular complexity index is 948. The molecule has 0 radical (unpaired) electrons. The number of anilines is 1. The molecule has 164 valence electrons. The van der Waals surface area contributed by atoms with Gasteiger partial charge < -0.3 is 9.64 Å². The Hall–Kier alpha value is -2.95. The van der Waals surface area contributed by atoms with Crippen LogP contribution in [0.4, 0.5) is 5.69 Å². The van der Waals surface area contributed by atoms with Crippen molar-refractivity contribution in [2.45, 2.75) is 53.0 Å². The third-order valence-electron chi connectivity index (χ3n) is 5.87. The van der Waals surface area contributed by atoms with Crippen molar-refractivity contribution in [3.05, 3.63) is 65.2 Å². The van der Waals surface area contributed by atoms with E-state index in [0.29, 0.717) is 6.61 Å². The molecule has 0 saturated carbocycles. The molecule has 2 aromatic rings. The van der Waals surface area contributed by atoms with E-state index in [1.54, 1.807) is 11.8 Å². The lowest BCUT2D eigenvalue weighted by atomic mass is 9.93. The minimum absolute atomic E-state index is 0.0472. The molecule has 1 heterocycles. The highest BCUT2D eigenvalue weighted by Crippen LogP contribution is 2.32. The molecule has 0 saturated heterocycles. The second-order valence-corrected chi connectivity index (χ2v) is 7.93. The smallest absolute Gasteiger partial charge is 0.307 e. The van der Waals surface area contributed by atoms with Crippen molar-refractivity contribution in [2.75, 3.05) is 18.1 Å². The molecule has 0 spiro atoms. The number of rotatable bonds is 8. The molecule has 3 rings (SSSR count). The van der Waals surface area contributed by atoms with E-state index in [-0.39, 0.29) is 30.8 Å². The number of carbonyl (C=O) groups is 2. The molecule has 5 nitrogen and oxygen atoms in total. The lowest BCUT2D eigenvalue weighted by molar-refractivity contribution is -0.142. The summed E-state index contributed by atoms with van der Waals surface area (Å²) in [7, 11) is 0. The molecule has 2 aromatic carbocycles. The fraction of sp³-hybridized carbons (Fsp3) is 0.423. The minimum atomic E-state index is -0.486. The van der Waals surface area contributed by atoms with Crippen LogP contribution in [0.1, 0.15) is 56.7 Å². The number of ether oxygens (including phenoxy) is 1. The largest absolute Gasteiger partial charge is 0.466 e. The van der Waals surface area contributed by atoms with E-state index in [4.69, 9.17) is 9.73 Å². The average Bonchev–Trinajstić information content (AvgIpc) is 2.89. The van der Waals surface area contributed by atoms with Crippen LogP contribution in [0.25, 0.3) is 0 Å². The normalized spacial score (nSPS) is 16.0. The Kier molecular flexibility index (Phi) is 7.61. The molecule has 0 aromatic heterocycles. The van der Waals surface area contributed by atoms with Gasteiger partial charge in [0.2, 0.25) is 0 Å². The van der Waals surface area contributed by atoms with Crippen LogP contribution in [-0.2, 0) is 14.3 Å². The summed E-state index contributed by atoms with van der Waals surface area (Å²) in [5.41, 5.74) is 4.66. The summed E-state index contributed by atoms with van der Waals surface area (Å²) >= 11 is 0. The Balaban J connectivity index is 2.15. The van der Waals surface area contributed by atoms with E-state index in [9.17, 15) is 9.59 Å². The highest BCUT2D eigenvalue weighted by Gasteiger charge is 2.35. The molecule has 1 aliphatic heterocycles. The van der Waals surface area contributed by atoms with Gasteiger partial charge in [-0.05, 0) is 31.9 Å². The van der Waals surface area contributed by atoms with Gasteiger partial charge in [0.1, 0.15) is 6.04 Å². The van der Waals surface area contributed by atoms with Crippen LogP contribution >= 0.6 is 0 Å². The summed E-state index contributed by atoms with van der Waals surface area (Å²) in [4.78, 5) is 32.7. The zero-order valence-corrected chi connectivity index (χ0v) is 18.9. The van der Waals surface area contributed by atoms with E-state index in [0.717, 1.165) is 40.9 Å². The van der Waals surface area contributed by atoms with Gasteiger partial charge in [-0.15, -0.1) is 0 Å². The second-order valence-electron chi connectivity index (χ2n) is 7.93. The van der Waals surface area contributed by atoms with E-state index in [1.165, 1.54) is 0 Å². The summed E-state index contributed by atoms with van der Waals surface area (Å²) in [6.07, 6.45) is 1.88. The number of carbonyl (C=O) groups excluding carboxylic acids is 2. The van der Waals surface area contributed by atoms with Gasteiger partial charge in [-0.3, -0.25) is 14.6 Å². The maximum Gasteiger partial charge on any atom is 0.307 e. The van der Waals surface area contributed by atoms with Crippen LogP contribution in [-0.4, -0.2) is 36.8 Å². The van der Waals surface area contributed by atoms with Gasteiger partial charge in [0.25, 0.3) is 5.91 Å². The van der Waals surface area contributed by atoms with E-state index in [1.807, 2.05) is 49.4 Å². The number of nitrogens with zero attached hydrogens (tertiary/aromatic N) is 2. The first-order chi connectivity index (χ1) is 15.0. The number of benzodiazepines with no additional fused rings is 1. The molecule has 0 unspecified atom stereocenters. The van der Waals surface area contributed by atoms with Crippen molar-refractivity contribution in [1.82, 2.24) is 0 Å². The number of esters is 1. The molecule has 0 N–H and O–H groups in total. The molecule has 1 amide bonds. The lowest BCUT2D eigenvalue weighted by Gasteiger charge is -2.28. The average molecular weight is 421 g/mol. The lowest BCUT2D eigenvalue weighted by Crippen LogP contribution is -2.42. The van der Waals surface area contributed by atoms with Crippen LogP contribution in [0.15, 0.2) is 53.5 Å². The topological polar surface area (TPSA) is 59.0 Å². The Morgan fingerprint density at radius 2 is 1.81 bits per heavy atom. The summed E-state index contributed by atoms with van der Waals surface area (Å²) in [6.45, 7) is 8.64. The van der Waals surface area contributed by atoms with Gasteiger partial charge in [-0.25, -0.2) is 0 Å². The van der Waals surface area contributed by atoms with Gasteiger partial charge in [-0.1, -0.05) is 68.7 Å². The predicted molar refractivity (Wildman–Crippen MR) is 125 cm³/mol. The Morgan fingerprint density at radius 3 is 2.45 bits per heavy atom. The molecule has 0 fully saturated rings. The number of hydrogen-bond acceptors (Lipinski definition) is 4. The maximum atomic E-state index is 13.8. The predicted octanol–water partition coefficient (Wildman–Crippen LogP) is 4.94. The van der Waals surface area contributed by atoms with Gasteiger partial charge in [0, 0.05) is 17.7 Å². The van der Waals surface area contributed by atoms with Gasteiger partial charge in [0.15, 0.2) is 0 Å². The first-order valence-electron chi connectivity index (χ1n) is 11.2. The Labute approximate surface area is 185 Å². The zero-order chi connectivity index (χ0) is 22.4. The van der Waals surface area contributed by atoms with Crippen LogP contribution < -0.4 is 4.90 Å². The number of fused-ring (bicyclic) bond motifs is 1. The number of aryl methyl sites for hydroxylation is 1. The van der Waals surface area contributed by atoms with Crippen molar-refractivity contribution in [3.63, 3.8) is 0 Å². The fourth-order valence-electron chi connectivity index (χ4n) is 4.15. The minimum Gasteiger partial charge on any atom is -0.466 e. The second kappa shape index (κ2) is 10.4. The standard InChI is InChI=1S/C26H32N2O3/c1-5-19(6-2)25-26(30)28(16-15-23(29)31-7-3)22-14-13-18(4)17-21(22)24(27-25)20-11-9-8-10-12-20/h8-14,17,19,25H,5-7,15-16H2,1-4H3/t25-/m0/s1. The third kappa shape index (κ3) is 5.04. The number of amides is 1. The third-order valence-corrected chi connectivity index (χ3v) is 5.87. The molecule has 31 heavy (non-hydrogen) atoms. The number of hydrogen-bond donors (Lipinski definition) is 0. The van der Waals surface area contributed by atoms with E-state index in [2.05, 4.69) is 19.9 Å². The van der Waals surface area contributed by atoms with E-state index < -0.39 is 6.04 Å². The van der Waals surface area contributed by atoms with Crippen molar-refractivity contribution in [1.29, 1.82) is 0 Å². The van der Waals surface area contributed by atoms with Crippen LogP contribution in [0.2, 0.25) is 0 Å². The SMILES string of the molecule is CCOC(=O)CCN1C(=O)[C@H](C(CC)CC)N=C(c2ccccc2)c2cc(C)ccc21. The van der Waals surface area contributed by atoms with Crippen LogP contribution in [0.5, 0.6) is 0 Å². The van der Waals surface area contributed by atoms with Gasteiger partial charge in [-0.2, -0.15) is 0 Å². The zero-order valence-electron chi connectivity index (χ0n) is 18.9. The highest BCUT2D eigenvalue weighted by molar-refractivity contribution is 6.20. The monoisotopic (exact) mass is 420 g/mol. The summed E-state index contributed by atoms with van der Waals surface area (Å²) in [6, 6.07) is 15.6. The molecular formula is C26H32N2O3. The molecular weight excluding hydrogens is 388 g/mol. The van der Waals surface area contributed by atoms with Crippen molar-refractivity contribution >= 4 is 23.3 Å². The Morgan fingerprint density at radius 1 is 1.10 bits per heavy atom. The maximum absolute atomic E-state index is 13.8. The number of aliphatic imine (C=N–C) groups is 1. The fourth-order valence-corrected chi connectivity index (χ4v) is 4.15. The first-order valence-corrected chi connectivity index (χ1v) is 11.2. The quantitative estimate of drug-likeness (QED) is 0.569. The summed E-state index contributed by atoms with van der Waals surface area (Å²) in [5.74, 6) is -0.211. The van der Waals surface area contributed by atoms with Gasteiger partial charge >= 0.3 is 5.97 Å². The van der Waals surface area contributed by atoms with Crippen molar-refractivity contribution in [3.8, 4) is 0 Å². The van der Waals surface area contributed by atoms with Crippen molar-refractivity contribution in [2.24, 2.45) is 10.9 Å². The van der Waals surface area contributed by atoms with Crippen molar-refractivity contribution < 1.29 is 14.3 Å². The van der Waals surface area contributed by atoms with Crippen LogP contribution in [0, 0.1) is 12.8 Å². The highest BCUT2D eigenvalue weighted by atomic mass is 16.5. The molecule has 0 bridgehead atoms. The first kappa shape index (κ1) is 22.7. The molecule has 1 atom stereocenters. The molecule has 5 heteroatoms. The molecule has 0 aliphatic carbocycles. The number of benzene rings is 2.